The second-order valence-electron chi connectivity index (χ2n) is 4.42. The molecule has 18 heavy (non-hydrogen) atoms. The molecule has 0 aromatic heterocycles. The second-order valence-corrected chi connectivity index (χ2v) is 4.42. The number of nitrogens with one attached hydrogen (secondary N) is 1. The predicted octanol–water partition coefficient (Wildman–Crippen LogP) is 1.71. The Bertz CT molecular complexity index is 445. The summed E-state index contributed by atoms with van der Waals surface area (Å²) in [4.78, 5) is 11.9. The van der Waals surface area contributed by atoms with Gasteiger partial charge >= 0.3 is 0 Å². The Morgan fingerprint density at radius 3 is 2.94 bits per heavy atom. The smallest absolute Gasteiger partial charge is 0.253 e. The van der Waals surface area contributed by atoms with Crippen LogP contribution in [0.15, 0.2) is 18.2 Å². The minimum Gasteiger partial charge on any atom is -0.396 e. The van der Waals surface area contributed by atoms with Gasteiger partial charge in [0, 0.05) is 12.6 Å². The van der Waals surface area contributed by atoms with Crippen molar-refractivity contribution in [3.8, 4) is 0 Å². The molecule has 98 valence electrons. The van der Waals surface area contributed by atoms with E-state index in [0.717, 1.165) is 12.8 Å². The first-order valence-corrected chi connectivity index (χ1v) is 6.08. The van der Waals surface area contributed by atoms with Crippen molar-refractivity contribution in [2.45, 2.75) is 31.9 Å². The number of carbonyl (C=O) groups is 1. The zero-order valence-corrected chi connectivity index (χ0v) is 10.3. The maximum absolute atomic E-state index is 13.2. The molecular weight excluding hydrogens is 235 g/mol. The average Bonchev–Trinajstić information content (AvgIpc) is 2.30. The average molecular weight is 252 g/mol. The molecule has 1 aromatic carbocycles. The number of para-hydroxylation sites is 1. The van der Waals surface area contributed by atoms with Crippen LogP contribution in [0.2, 0.25) is 0 Å². The van der Waals surface area contributed by atoms with Gasteiger partial charge in [-0.05, 0) is 31.9 Å². The van der Waals surface area contributed by atoms with Crippen molar-refractivity contribution in [1.29, 1.82) is 0 Å². The second kappa shape index (κ2) is 5.35. The molecule has 1 aromatic rings. The lowest BCUT2D eigenvalue weighted by atomic mass is 9.89. The maximum Gasteiger partial charge on any atom is 0.253 e. The monoisotopic (exact) mass is 252 g/mol. The minimum absolute atomic E-state index is 0.0942. The van der Waals surface area contributed by atoms with Gasteiger partial charge in [0.1, 0.15) is 5.82 Å². The molecule has 0 heterocycles. The quantitative estimate of drug-likeness (QED) is 0.802. The highest BCUT2D eigenvalue weighted by Gasteiger charge is 2.31. The molecule has 0 unspecified atom stereocenters. The molecule has 0 saturated heterocycles. The highest BCUT2D eigenvalue weighted by atomic mass is 19.1. The van der Waals surface area contributed by atoms with E-state index in [1.165, 1.54) is 18.2 Å². The zero-order chi connectivity index (χ0) is 13.1. The Morgan fingerprint density at radius 2 is 2.28 bits per heavy atom. The number of hydrogen-bond donors (Lipinski definition) is 2. The zero-order valence-electron chi connectivity index (χ0n) is 10.3. The molecule has 0 spiro atoms. The number of halogens is 1. The van der Waals surface area contributed by atoms with Gasteiger partial charge in [-0.2, -0.15) is 0 Å². The van der Waals surface area contributed by atoms with Gasteiger partial charge in [-0.25, -0.2) is 4.39 Å². The Kier molecular flexibility index (Phi) is 3.81. The van der Waals surface area contributed by atoms with E-state index in [-0.39, 0.29) is 29.3 Å². The lowest BCUT2D eigenvalue weighted by Gasteiger charge is -2.35. The standard InChI is InChI=1S/C13H17FN2O2/c1-2-18-9-6-8(7-9)16-13(17)10-4-3-5-11(14)12(10)15/h3-5,8-9H,2,6-7,15H2,1H3,(H,16,17). The molecule has 1 aliphatic rings. The summed E-state index contributed by atoms with van der Waals surface area (Å²) in [6.45, 7) is 2.63. The minimum atomic E-state index is -0.566. The predicted molar refractivity (Wildman–Crippen MR) is 66.7 cm³/mol. The van der Waals surface area contributed by atoms with Gasteiger partial charge in [0.25, 0.3) is 5.91 Å². The SMILES string of the molecule is CCOC1CC(NC(=O)c2cccc(F)c2N)C1. The number of carbonyl (C=O) groups excluding carboxylic acids is 1. The van der Waals surface area contributed by atoms with Crippen molar-refractivity contribution in [3.63, 3.8) is 0 Å². The lowest BCUT2D eigenvalue weighted by molar-refractivity contribution is -0.00862. The van der Waals surface area contributed by atoms with Crippen LogP contribution in [0.4, 0.5) is 10.1 Å². The fourth-order valence-corrected chi connectivity index (χ4v) is 2.05. The Labute approximate surface area is 105 Å². The normalized spacial score (nSPS) is 22.3. The summed E-state index contributed by atoms with van der Waals surface area (Å²) in [5.74, 6) is -0.893. The highest BCUT2D eigenvalue weighted by Crippen LogP contribution is 2.24. The summed E-state index contributed by atoms with van der Waals surface area (Å²) in [7, 11) is 0. The number of rotatable bonds is 4. The number of benzene rings is 1. The third kappa shape index (κ3) is 2.61. The summed E-state index contributed by atoms with van der Waals surface area (Å²) in [5, 5.41) is 2.82. The Morgan fingerprint density at radius 1 is 1.56 bits per heavy atom. The van der Waals surface area contributed by atoms with Gasteiger partial charge < -0.3 is 15.8 Å². The first-order chi connectivity index (χ1) is 8.61. The molecule has 4 nitrogen and oxygen atoms in total. The number of ether oxygens (including phenoxy) is 1. The van der Waals surface area contributed by atoms with E-state index in [1.807, 2.05) is 6.92 Å². The van der Waals surface area contributed by atoms with Crippen molar-refractivity contribution in [3.05, 3.63) is 29.6 Å². The molecular formula is C13H17FN2O2. The van der Waals surface area contributed by atoms with E-state index in [2.05, 4.69) is 5.32 Å². The van der Waals surface area contributed by atoms with Crippen LogP contribution in [0.5, 0.6) is 0 Å². The highest BCUT2D eigenvalue weighted by molar-refractivity contribution is 5.99. The summed E-state index contributed by atoms with van der Waals surface area (Å²) in [5.41, 5.74) is 5.62. The Balaban J connectivity index is 1.91. The number of nitrogen functional groups attached to an aromatic ring is 1. The molecule has 1 amide bonds. The van der Waals surface area contributed by atoms with Gasteiger partial charge in [0.2, 0.25) is 0 Å². The van der Waals surface area contributed by atoms with Gasteiger partial charge in [0.15, 0.2) is 0 Å². The molecule has 1 saturated carbocycles. The van der Waals surface area contributed by atoms with Gasteiger partial charge in [0.05, 0.1) is 17.4 Å². The summed E-state index contributed by atoms with van der Waals surface area (Å²) in [6, 6.07) is 4.33. The van der Waals surface area contributed by atoms with Crippen molar-refractivity contribution in [1.82, 2.24) is 5.32 Å². The Hall–Kier alpha value is -1.62. The fraction of sp³-hybridized carbons (Fsp3) is 0.462. The molecule has 0 bridgehead atoms. The van der Waals surface area contributed by atoms with Crippen molar-refractivity contribution < 1.29 is 13.9 Å². The van der Waals surface area contributed by atoms with Crippen LogP contribution in [0.25, 0.3) is 0 Å². The lowest BCUT2D eigenvalue weighted by Crippen LogP contribution is -2.47. The topological polar surface area (TPSA) is 64.3 Å². The molecule has 2 rings (SSSR count). The van der Waals surface area contributed by atoms with Crippen LogP contribution < -0.4 is 11.1 Å². The number of anilines is 1. The van der Waals surface area contributed by atoms with Crippen LogP contribution in [-0.4, -0.2) is 24.7 Å². The van der Waals surface area contributed by atoms with E-state index in [4.69, 9.17) is 10.5 Å². The summed E-state index contributed by atoms with van der Waals surface area (Å²) in [6.07, 6.45) is 1.83. The van der Waals surface area contributed by atoms with Crippen molar-refractivity contribution >= 4 is 11.6 Å². The third-order valence-electron chi connectivity index (χ3n) is 3.13. The van der Waals surface area contributed by atoms with Crippen molar-refractivity contribution in [2.24, 2.45) is 0 Å². The molecule has 1 fully saturated rings. The van der Waals surface area contributed by atoms with Crippen molar-refractivity contribution in [2.75, 3.05) is 12.3 Å². The summed E-state index contributed by atoms with van der Waals surface area (Å²) < 4.78 is 18.6. The maximum atomic E-state index is 13.2. The first kappa shape index (κ1) is 12.8. The van der Waals surface area contributed by atoms with E-state index in [0.29, 0.717) is 6.61 Å². The van der Waals surface area contributed by atoms with E-state index >= 15 is 0 Å². The van der Waals surface area contributed by atoms with Crippen LogP contribution >= 0.6 is 0 Å². The molecule has 3 N–H and O–H groups in total. The van der Waals surface area contributed by atoms with Gasteiger partial charge in [-0.15, -0.1) is 0 Å². The summed E-state index contributed by atoms with van der Waals surface area (Å²) >= 11 is 0. The molecule has 0 atom stereocenters. The molecule has 0 aliphatic heterocycles. The number of amides is 1. The fourth-order valence-electron chi connectivity index (χ4n) is 2.05. The van der Waals surface area contributed by atoms with Crippen LogP contribution in [0, 0.1) is 5.82 Å². The van der Waals surface area contributed by atoms with Crippen LogP contribution in [0.3, 0.4) is 0 Å². The largest absolute Gasteiger partial charge is 0.396 e. The third-order valence-corrected chi connectivity index (χ3v) is 3.13. The van der Waals surface area contributed by atoms with E-state index in [1.54, 1.807) is 0 Å². The van der Waals surface area contributed by atoms with Crippen LogP contribution in [0.1, 0.15) is 30.1 Å². The van der Waals surface area contributed by atoms with E-state index in [9.17, 15) is 9.18 Å². The first-order valence-electron chi connectivity index (χ1n) is 6.08. The number of hydrogen-bond acceptors (Lipinski definition) is 3. The molecule has 0 radical (unpaired) electrons. The number of nitrogens with two attached hydrogens (primary N) is 1. The van der Waals surface area contributed by atoms with Gasteiger partial charge in [-0.3, -0.25) is 4.79 Å². The van der Waals surface area contributed by atoms with E-state index < -0.39 is 5.82 Å². The van der Waals surface area contributed by atoms with Crippen LogP contribution in [-0.2, 0) is 4.74 Å². The van der Waals surface area contributed by atoms with Gasteiger partial charge in [-0.1, -0.05) is 6.07 Å². The molecule has 5 heteroatoms. The molecule has 1 aliphatic carbocycles.